The SMILES string of the molecule is C=CCC(=O)C1CCCCC1(C)C. The van der Waals surface area contributed by atoms with E-state index in [1.54, 1.807) is 6.08 Å². The summed E-state index contributed by atoms with van der Waals surface area (Å²) in [6, 6.07) is 0. The van der Waals surface area contributed by atoms with Crippen LogP contribution in [-0.4, -0.2) is 5.78 Å². The molecule has 0 amide bonds. The van der Waals surface area contributed by atoms with Crippen LogP contribution in [0.3, 0.4) is 0 Å². The summed E-state index contributed by atoms with van der Waals surface area (Å²) in [6.07, 6.45) is 7.06. The Morgan fingerprint density at radius 2 is 2.23 bits per heavy atom. The molecule has 0 aromatic heterocycles. The van der Waals surface area contributed by atoms with Crippen molar-refractivity contribution in [2.24, 2.45) is 11.3 Å². The Balaban J connectivity index is 2.64. The van der Waals surface area contributed by atoms with Gasteiger partial charge in [-0.05, 0) is 18.3 Å². The van der Waals surface area contributed by atoms with Gasteiger partial charge in [0.1, 0.15) is 5.78 Å². The Morgan fingerprint density at radius 3 is 2.77 bits per heavy atom. The zero-order valence-electron chi connectivity index (χ0n) is 8.81. The second-order valence-corrected chi connectivity index (χ2v) is 4.75. The van der Waals surface area contributed by atoms with Crippen LogP contribution >= 0.6 is 0 Å². The van der Waals surface area contributed by atoms with Crippen LogP contribution in [0.15, 0.2) is 12.7 Å². The largest absolute Gasteiger partial charge is 0.299 e. The molecule has 0 N–H and O–H groups in total. The summed E-state index contributed by atoms with van der Waals surface area (Å²) in [5.74, 6) is 0.666. The molecule has 1 heteroatoms. The maximum atomic E-state index is 11.7. The average Bonchev–Trinajstić information content (AvgIpc) is 2.03. The van der Waals surface area contributed by atoms with Gasteiger partial charge in [0, 0.05) is 12.3 Å². The molecule has 0 bridgehead atoms. The Labute approximate surface area is 81.2 Å². The lowest BCUT2D eigenvalue weighted by Gasteiger charge is -2.37. The molecule has 13 heavy (non-hydrogen) atoms. The van der Waals surface area contributed by atoms with E-state index in [1.807, 2.05) is 0 Å². The lowest BCUT2D eigenvalue weighted by Crippen LogP contribution is -2.33. The maximum absolute atomic E-state index is 11.7. The van der Waals surface area contributed by atoms with Crippen molar-refractivity contribution in [2.75, 3.05) is 0 Å². The first-order valence-corrected chi connectivity index (χ1v) is 5.21. The highest BCUT2D eigenvalue weighted by Gasteiger charge is 2.35. The molecule has 1 unspecified atom stereocenters. The molecule has 0 radical (unpaired) electrons. The van der Waals surface area contributed by atoms with Gasteiger partial charge in [0.15, 0.2) is 0 Å². The second kappa shape index (κ2) is 4.08. The minimum atomic E-state index is 0.221. The predicted molar refractivity (Wildman–Crippen MR) is 55.6 cm³/mol. The zero-order chi connectivity index (χ0) is 9.90. The Bertz CT molecular complexity index is 203. The lowest BCUT2D eigenvalue weighted by molar-refractivity contribution is -0.127. The van der Waals surface area contributed by atoms with E-state index in [2.05, 4.69) is 20.4 Å². The van der Waals surface area contributed by atoms with Crippen LogP contribution in [0, 0.1) is 11.3 Å². The van der Waals surface area contributed by atoms with Crippen LogP contribution in [0.1, 0.15) is 46.0 Å². The molecule has 1 rings (SSSR count). The Morgan fingerprint density at radius 1 is 1.54 bits per heavy atom. The standard InChI is InChI=1S/C12H20O/c1-4-7-11(13)10-8-5-6-9-12(10,2)3/h4,10H,1,5-9H2,2-3H3. The van der Waals surface area contributed by atoms with Gasteiger partial charge in [-0.2, -0.15) is 0 Å². The lowest BCUT2D eigenvalue weighted by atomic mass is 9.67. The van der Waals surface area contributed by atoms with E-state index in [9.17, 15) is 4.79 Å². The number of Topliss-reactive ketones (excluding diaryl/α,β-unsaturated/α-hetero) is 1. The monoisotopic (exact) mass is 180 g/mol. The molecule has 0 aliphatic heterocycles. The van der Waals surface area contributed by atoms with Crippen molar-refractivity contribution in [1.82, 2.24) is 0 Å². The van der Waals surface area contributed by atoms with Crippen LogP contribution < -0.4 is 0 Å². The third-order valence-corrected chi connectivity index (χ3v) is 3.24. The fraction of sp³-hybridized carbons (Fsp3) is 0.750. The van der Waals surface area contributed by atoms with Gasteiger partial charge in [-0.3, -0.25) is 4.79 Å². The normalized spacial score (nSPS) is 26.8. The Hall–Kier alpha value is -0.590. The van der Waals surface area contributed by atoms with Crippen LogP contribution in [0.25, 0.3) is 0 Å². The summed E-state index contributed by atoms with van der Waals surface area (Å²) in [4.78, 5) is 11.7. The van der Waals surface area contributed by atoms with Crippen molar-refractivity contribution < 1.29 is 4.79 Å². The highest BCUT2D eigenvalue weighted by molar-refractivity contribution is 5.83. The first-order valence-electron chi connectivity index (χ1n) is 5.21. The second-order valence-electron chi connectivity index (χ2n) is 4.75. The van der Waals surface area contributed by atoms with Crippen LogP contribution in [-0.2, 0) is 4.79 Å². The fourth-order valence-corrected chi connectivity index (χ4v) is 2.38. The maximum Gasteiger partial charge on any atom is 0.140 e. The van der Waals surface area contributed by atoms with Gasteiger partial charge < -0.3 is 0 Å². The molecule has 1 nitrogen and oxygen atoms in total. The first kappa shape index (κ1) is 10.5. The van der Waals surface area contributed by atoms with E-state index in [-0.39, 0.29) is 11.3 Å². The molecule has 1 aliphatic rings. The number of allylic oxidation sites excluding steroid dienone is 1. The van der Waals surface area contributed by atoms with Crippen molar-refractivity contribution in [3.63, 3.8) is 0 Å². The molecule has 0 heterocycles. The molecule has 0 aromatic carbocycles. The number of carbonyl (C=O) groups excluding carboxylic acids is 1. The molecule has 1 saturated carbocycles. The van der Waals surface area contributed by atoms with Crippen molar-refractivity contribution in [1.29, 1.82) is 0 Å². The molecule has 0 saturated heterocycles. The van der Waals surface area contributed by atoms with Gasteiger partial charge in [0.2, 0.25) is 0 Å². The van der Waals surface area contributed by atoms with Gasteiger partial charge in [0.05, 0.1) is 0 Å². The van der Waals surface area contributed by atoms with Crippen LogP contribution in [0.2, 0.25) is 0 Å². The number of ketones is 1. The molecule has 1 atom stereocenters. The minimum Gasteiger partial charge on any atom is -0.299 e. The molecule has 0 aromatic rings. The van der Waals surface area contributed by atoms with Crippen LogP contribution in [0.5, 0.6) is 0 Å². The predicted octanol–water partition coefficient (Wildman–Crippen LogP) is 3.35. The number of carbonyl (C=O) groups is 1. The number of hydrogen-bond donors (Lipinski definition) is 0. The third-order valence-electron chi connectivity index (χ3n) is 3.24. The summed E-state index contributed by atoms with van der Waals surface area (Å²) in [7, 11) is 0. The van der Waals surface area contributed by atoms with Crippen molar-refractivity contribution in [2.45, 2.75) is 46.0 Å². The Kier molecular flexibility index (Phi) is 3.29. The van der Waals surface area contributed by atoms with Gasteiger partial charge in [0.25, 0.3) is 0 Å². The van der Waals surface area contributed by atoms with E-state index >= 15 is 0 Å². The van der Waals surface area contributed by atoms with Gasteiger partial charge >= 0.3 is 0 Å². The van der Waals surface area contributed by atoms with Crippen LogP contribution in [0.4, 0.5) is 0 Å². The quantitative estimate of drug-likeness (QED) is 0.609. The average molecular weight is 180 g/mol. The third kappa shape index (κ3) is 2.43. The molecule has 0 spiro atoms. The highest BCUT2D eigenvalue weighted by atomic mass is 16.1. The molecular weight excluding hydrogens is 160 g/mol. The van der Waals surface area contributed by atoms with Crippen molar-refractivity contribution >= 4 is 5.78 Å². The van der Waals surface area contributed by atoms with Gasteiger partial charge in [-0.1, -0.05) is 32.8 Å². The summed E-state index contributed by atoms with van der Waals surface area (Å²) < 4.78 is 0. The van der Waals surface area contributed by atoms with Crippen molar-refractivity contribution in [3.05, 3.63) is 12.7 Å². The van der Waals surface area contributed by atoms with E-state index in [0.29, 0.717) is 12.2 Å². The molecular formula is C12H20O. The summed E-state index contributed by atoms with van der Waals surface area (Å²) >= 11 is 0. The molecule has 1 fully saturated rings. The topological polar surface area (TPSA) is 17.1 Å². The summed E-state index contributed by atoms with van der Waals surface area (Å²) in [5.41, 5.74) is 0.221. The van der Waals surface area contributed by atoms with E-state index in [0.717, 1.165) is 6.42 Å². The molecule has 74 valence electrons. The minimum absolute atomic E-state index is 0.221. The van der Waals surface area contributed by atoms with E-state index in [4.69, 9.17) is 0 Å². The zero-order valence-corrected chi connectivity index (χ0v) is 8.81. The van der Waals surface area contributed by atoms with Crippen molar-refractivity contribution in [3.8, 4) is 0 Å². The summed E-state index contributed by atoms with van der Waals surface area (Å²) in [6.45, 7) is 8.06. The summed E-state index contributed by atoms with van der Waals surface area (Å²) in [5, 5.41) is 0. The van der Waals surface area contributed by atoms with E-state index in [1.165, 1.54) is 19.3 Å². The molecule has 1 aliphatic carbocycles. The fourth-order valence-electron chi connectivity index (χ4n) is 2.38. The van der Waals surface area contributed by atoms with Gasteiger partial charge in [-0.25, -0.2) is 0 Å². The number of rotatable bonds is 3. The highest BCUT2D eigenvalue weighted by Crippen LogP contribution is 2.41. The van der Waals surface area contributed by atoms with E-state index < -0.39 is 0 Å². The number of hydrogen-bond acceptors (Lipinski definition) is 1. The smallest absolute Gasteiger partial charge is 0.140 e. The van der Waals surface area contributed by atoms with Gasteiger partial charge in [-0.15, -0.1) is 6.58 Å². The first-order chi connectivity index (χ1) is 6.08.